The second-order valence-corrected chi connectivity index (χ2v) is 11.5. The number of ether oxygens (including phenoxy) is 1. The summed E-state index contributed by atoms with van der Waals surface area (Å²) in [6, 6.07) is 10.3. The molecule has 9 nitrogen and oxygen atoms in total. The fourth-order valence-electron chi connectivity index (χ4n) is 6.48. The maximum Gasteiger partial charge on any atom is 0.318 e. The lowest BCUT2D eigenvalue weighted by molar-refractivity contribution is -0.129. The molecule has 2 aliphatic rings. The van der Waals surface area contributed by atoms with Crippen LogP contribution < -0.4 is 9.64 Å². The number of carbonyl (C=O) groups excluding carboxylic acids is 1. The number of carbonyl (C=O) groups is 1. The van der Waals surface area contributed by atoms with Crippen molar-refractivity contribution in [3.63, 3.8) is 0 Å². The first-order valence-electron chi connectivity index (χ1n) is 14.5. The maximum absolute atomic E-state index is 16.5. The molecule has 2 aliphatic heterocycles. The van der Waals surface area contributed by atoms with E-state index in [1.54, 1.807) is 24.4 Å². The van der Waals surface area contributed by atoms with Gasteiger partial charge in [0.15, 0.2) is 5.82 Å². The van der Waals surface area contributed by atoms with Crippen LogP contribution >= 0.6 is 11.6 Å². The second kappa shape index (κ2) is 11.5. The minimum Gasteiger partial charge on any atom is -0.508 e. The van der Waals surface area contributed by atoms with Gasteiger partial charge in [-0.2, -0.15) is 9.97 Å². The van der Waals surface area contributed by atoms with Crippen molar-refractivity contribution in [3.8, 4) is 35.4 Å². The van der Waals surface area contributed by atoms with E-state index in [-0.39, 0.29) is 62.5 Å². The number of piperazine rings is 1. The number of methoxy groups -OCH3 is 1. The highest BCUT2D eigenvalue weighted by Crippen LogP contribution is 2.40. The number of phenols is 1. The Morgan fingerprint density at radius 1 is 1.13 bits per heavy atom. The number of hydrogen-bond acceptors (Lipinski definition) is 8. The Labute approximate surface area is 267 Å². The predicted molar refractivity (Wildman–Crippen MR) is 170 cm³/mol. The molecule has 7 rings (SSSR count). The monoisotopic (exact) mass is 638 g/mol. The summed E-state index contributed by atoms with van der Waals surface area (Å²) in [6.45, 7) is 0.827. The molecule has 0 aliphatic carbocycles. The Morgan fingerprint density at radius 2 is 1.91 bits per heavy atom. The molecule has 230 valence electrons. The highest BCUT2D eigenvalue weighted by Gasteiger charge is 2.44. The number of pyridine rings is 2. The van der Waals surface area contributed by atoms with E-state index in [1.165, 1.54) is 37.6 Å². The number of aromatic nitrogens is 4. The molecule has 2 fully saturated rings. The molecule has 12 heteroatoms. The molecule has 2 saturated heterocycles. The smallest absolute Gasteiger partial charge is 0.318 e. The first-order chi connectivity index (χ1) is 22.3. The Morgan fingerprint density at radius 3 is 2.61 bits per heavy atom. The minimum absolute atomic E-state index is 0.0677. The van der Waals surface area contributed by atoms with Gasteiger partial charge in [0.1, 0.15) is 33.6 Å². The van der Waals surface area contributed by atoms with Crippen LogP contribution in [-0.4, -0.2) is 68.1 Å². The first kappa shape index (κ1) is 29.4. The number of fused-ring (bicyclic) bond motifs is 4. The van der Waals surface area contributed by atoms with Crippen LogP contribution in [0.5, 0.6) is 11.8 Å². The zero-order valence-corrected chi connectivity index (χ0v) is 25.2. The number of rotatable bonds is 5. The van der Waals surface area contributed by atoms with Gasteiger partial charge in [-0.15, -0.1) is 6.42 Å². The van der Waals surface area contributed by atoms with Gasteiger partial charge in [0.25, 0.3) is 5.91 Å². The van der Waals surface area contributed by atoms with Gasteiger partial charge in [0.05, 0.1) is 35.8 Å². The summed E-state index contributed by atoms with van der Waals surface area (Å²) < 4.78 is 36.6. The fraction of sp³-hybridized carbons (Fsp3) is 0.206. The number of amides is 1. The second-order valence-electron chi connectivity index (χ2n) is 11.1. The number of terminal acetylenes is 1. The molecule has 0 saturated carbocycles. The van der Waals surface area contributed by atoms with Crippen molar-refractivity contribution in [2.24, 2.45) is 0 Å². The Hall–Kier alpha value is -5.34. The molecule has 5 heterocycles. The molecule has 3 aromatic heterocycles. The number of halogens is 3. The number of benzene rings is 2. The molecule has 1 N–H and O–H groups in total. The summed E-state index contributed by atoms with van der Waals surface area (Å²) in [6.07, 6.45) is 11.8. The van der Waals surface area contributed by atoms with Gasteiger partial charge in [-0.05, 0) is 54.6 Å². The van der Waals surface area contributed by atoms with Gasteiger partial charge in [0.2, 0.25) is 0 Å². The Kier molecular flexibility index (Phi) is 7.37. The van der Waals surface area contributed by atoms with Gasteiger partial charge < -0.3 is 19.6 Å². The summed E-state index contributed by atoms with van der Waals surface area (Å²) in [5.74, 6) is 0.816. The average molecular weight is 639 g/mol. The molecule has 1 amide bonds. The molecule has 2 bridgehead atoms. The number of nitrogens with zero attached hydrogens (tertiary/aromatic N) is 6. The predicted octanol–water partition coefficient (Wildman–Crippen LogP) is 5.67. The Balaban J connectivity index is 1.28. The molecule has 46 heavy (non-hydrogen) atoms. The van der Waals surface area contributed by atoms with Crippen LogP contribution in [0, 0.1) is 24.0 Å². The molecular weight excluding hydrogens is 614 g/mol. The van der Waals surface area contributed by atoms with E-state index in [1.807, 2.05) is 15.9 Å². The van der Waals surface area contributed by atoms with Crippen molar-refractivity contribution in [1.29, 1.82) is 0 Å². The fourth-order valence-corrected chi connectivity index (χ4v) is 6.69. The van der Waals surface area contributed by atoms with E-state index in [4.69, 9.17) is 22.8 Å². The van der Waals surface area contributed by atoms with Gasteiger partial charge in [-0.1, -0.05) is 29.7 Å². The zero-order valence-electron chi connectivity index (χ0n) is 24.4. The van der Waals surface area contributed by atoms with Gasteiger partial charge in [-0.25, -0.2) is 8.78 Å². The third-order valence-corrected chi connectivity index (χ3v) is 8.73. The topological polar surface area (TPSA) is 105 Å². The van der Waals surface area contributed by atoms with Crippen molar-refractivity contribution in [2.45, 2.75) is 24.9 Å². The lowest BCUT2D eigenvalue weighted by atomic mass is 9.96. The van der Waals surface area contributed by atoms with Crippen LogP contribution in [0.1, 0.15) is 24.1 Å². The summed E-state index contributed by atoms with van der Waals surface area (Å²) >= 11 is 6.47. The van der Waals surface area contributed by atoms with E-state index >= 15 is 4.39 Å². The normalized spacial score (nSPS) is 17.8. The molecule has 0 spiro atoms. The average Bonchev–Trinajstić information content (AvgIpc) is 3.32. The minimum atomic E-state index is -0.818. The van der Waals surface area contributed by atoms with E-state index in [9.17, 15) is 14.3 Å². The molecular formula is C34H25ClF2N6O3. The molecule has 5 aromatic rings. The van der Waals surface area contributed by atoms with E-state index in [0.717, 1.165) is 12.8 Å². The maximum atomic E-state index is 16.5. The standard InChI is InChI=1S/C34H25ClF2N6O3/c1-3-23-27(36)10-7-18-12-22(44)14-24(28(18)23)30-29(37)31-25(15-39-30)32(41-34(40-31)46-2)42-16-20-8-9-21(17-42)43(20)33(45)26(35)13-19-6-4-5-11-38-19/h1,4-7,10-15,20-21,44H,8-9,16-17H2,2H3/b26-13-. The van der Waals surface area contributed by atoms with Crippen molar-refractivity contribution in [2.75, 3.05) is 25.1 Å². The molecule has 2 aromatic carbocycles. The number of phenolic OH excluding ortho intramolecular Hbond substituents is 1. The lowest BCUT2D eigenvalue weighted by Gasteiger charge is -2.41. The van der Waals surface area contributed by atoms with Crippen molar-refractivity contribution >= 4 is 51.1 Å². The van der Waals surface area contributed by atoms with Gasteiger partial charge in [0, 0.05) is 36.4 Å². The summed E-state index contributed by atoms with van der Waals surface area (Å²) in [4.78, 5) is 34.8. The third kappa shape index (κ3) is 4.91. The highest BCUT2D eigenvalue weighted by molar-refractivity contribution is 6.44. The van der Waals surface area contributed by atoms with Crippen LogP contribution in [0.15, 0.2) is 59.9 Å². The van der Waals surface area contributed by atoms with Crippen molar-refractivity contribution in [3.05, 3.63) is 82.8 Å². The molecule has 2 atom stereocenters. The van der Waals surface area contributed by atoms with Crippen LogP contribution in [0.2, 0.25) is 0 Å². The highest BCUT2D eigenvalue weighted by atomic mass is 35.5. The van der Waals surface area contributed by atoms with Crippen molar-refractivity contribution in [1.82, 2.24) is 24.8 Å². The number of aromatic hydroxyl groups is 1. The van der Waals surface area contributed by atoms with E-state index < -0.39 is 11.6 Å². The van der Waals surface area contributed by atoms with Crippen LogP contribution in [0.25, 0.3) is 39.0 Å². The first-order valence-corrected chi connectivity index (χ1v) is 14.8. The summed E-state index contributed by atoms with van der Waals surface area (Å²) in [7, 11) is 1.38. The zero-order chi connectivity index (χ0) is 32.1. The lowest BCUT2D eigenvalue weighted by Crippen LogP contribution is -2.56. The number of hydrogen-bond donors (Lipinski definition) is 1. The van der Waals surface area contributed by atoms with E-state index in [0.29, 0.717) is 35.4 Å². The summed E-state index contributed by atoms with van der Waals surface area (Å²) in [5, 5.41) is 11.5. The third-order valence-electron chi connectivity index (χ3n) is 8.46. The Bertz CT molecular complexity index is 2110. The summed E-state index contributed by atoms with van der Waals surface area (Å²) in [5.41, 5.74) is 0.371. The van der Waals surface area contributed by atoms with Crippen molar-refractivity contribution < 1.29 is 23.4 Å². The molecule has 0 radical (unpaired) electrons. The van der Waals surface area contributed by atoms with E-state index in [2.05, 4.69) is 25.9 Å². The molecule has 2 unspecified atom stereocenters. The van der Waals surface area contributed by atoms with Crippen LogP contribution in [0.3, 0.4) is 0 Å². The SMILES string of the molecule is C#Cc1c(F)ccc2cc(O)cc(-c3ncc4c(N5CC6CCC(C5)N6C(=O)/C(Cl)=C/c5ccccn5)nc(OC)nc4c3F)c12. The number of anilines is 1. The van der Waals surface area contributed by atoms with Crippen LogP contribution in [-0.2, 0) is 4.79 Å². The van der Waals surface area contributed by atoms with Gasteiger partial charge in [-0.3, -0.25) is 14.8 Å². The van der Waals surface area contributed by atoms with Crippen LogP contribution in [0.4, 0.5) is 14.6 Å². The largest absolute Gasteiger partial charge is 0.508 e. The van der Waals surface area contributed by atoms with Gasteiger partial charge >= 0.3 is 6.01 Å². The quantitative estimate of drug-likeness (QED) is 0.194.